The molecule has 19 heavy (non-hydrogen) atoms. The topological polar surface area (TPSA) is 20.3 Å². The average molecular weight is 271 g/mol. The van der Waals surface area contributed by atoms with Crippen molar-refractivity contribution in [3.05, 3.63) is 35.4 Å². The first-order chi connectivity index (χ1) is 8.88. The van der Waals surface area contributed by atoms with Crippen molar-refractivity contribution in [2.75, 3.05) is 13.1 Å². The summed E-state index contributed by atoms with van der Waals surface area (Å²) in [6.45, 7) is 2.76. The van der Waals surface area contributed by atoms with Crippen LogP contribution in [0.4, 0.5) is 13.2 Å². The number of halogens is 3. The zero-order chi connectivity index (χ0) is 14.0. The molecule has 1 heterocycles. The van der Waals surface area contributed by atoms with Crippen LogP contribution in [0.25, 0.3) is 0 Å². The van der Waals surface area contributed by atoms with Crippen molar-refractivity contribution in [2.45, 2.75) is 31.9 Å². The summed E-state index contributed by atoms with van der Waals surface area (Å²) in [5.41, 5.74) is 0.122. The van der Waals surface area contributed by atoms with Crippen molar-refractivity contribution in [1.29, 1.82) is 0 Å². The predicted molar refractivity (Wildman–Crippen MR) is 65.7 cm³/mol. The van der Waals surface area contributed by atoms with E-state index in [1.807, 2.05) is 0 Å². The molecule has 1 amide bonds. The smallest absolute Gasteiger partial charge is 0.343 e. The number of carbonyl (C=O) groups is 1. The van der Waals surface area contributed by atoms with Crippen molar-refractivity contribution < 1.29 is 18.0 Å². The van der Waals surface area contributed by atoms with Gasteiger partial charge in [-0.2, -0.15) is 13.2 Å². The molecule has 0 aromatic heterocycles. The number of hydrogen-bond acceptors (Lipinski definition) is 1. The van der Waals surface area contributed by atoms with Gasteiger partial charge in [-0.25, -0.2) is 0 Å². The number of likely N-dealkylation sites (tertiary alicyclic amines) is 1. The maximum Gasteiger partial charge on any atom is 0.416 e. The summed E-state index contributed by atoms with van der Waals surface area (Å²) < 4.78 is 38.0. The van der Waals surface area contributed by atoms with Crippen LogP contribution in [0, 0.1) is 0 Å². The SMILES string of the molecule is CC(=O)N1CCC(c2cccc(C(F)(F)F)c2)CC1. The minimum atomic E-state index is -4.30. The molecule has 0 spiro atoms. The zero-order valence-electron chi connectivity index (χ0n) is 10.7. The first-order valence-electron chi connectivity index (χ1n) is 6.30. The number of rotatable bonds is 1. The van der Waals surface area contributed by atoms with Gasteiger partial charge in [-0.1, -0.05) is 18.2 Å². The molecule has 1 fully saturated rings. The average Bonchev–Trinajstić information content (AvgIpc) is 2.38. The summed E-state index contributed by atoms with van der Waals surface area (Å²) in [4.78, 5) is 12.9. The molecule has 1 aliphatic rings. The molecular weight excluding hydrogens is 255 g/mol. The third-order valence-electron chi connectivity index (χ3n) is 3.63. The van der Waals surface area contributed by atoms with Gasteiger partial charge < -0.3 is 4.90 Å². The minimum Gasteiger partial charge on any atom is -0.343 e. The lowest BCUT2D eigenvalue weighted by molar-refractivity contribution is -0.137. The number of carbonyl (C=O) groups excluding carboxylic acids is 1. The molecule has 104 valence electrons. The monoisotopic (exact) mass is 271 g/mol. The molecule has 1 saturated heterocycles. The van der Waals surface area contributed by atoms with Crippen molar-refractivity contribution in [1.82, 2.24) is 4.90 Å². The highest BCUT2D eigenvalue weighted by Gasteiger charge is 2.31. The Balaban J connectivity index is 2.10. The Morgan fingerprint density at radius 2 is 1.89 bits per heavy atom. The van der Waals surface area contributed by atoms with Crippen molar-refractivity contribution >= 4 is 5.91 Å². The Labute approximate surface area is 110 Å². The van der Waals surface area contributed by atoms with E-state index in [1.165, 1.54) is 19.1 Å². The Morgan fingerprint density at radius 3 is 2.42 bits per heavy atom. The van der Waals surface area contributed by atoms with Crippen LogP contribution in [0.2, 0.25) is 0 Å². The van der Waals surface area contributed by atoms with Gasteiger partial charge in [-0.05, 0) is 30.4 Å². The molecule has 0 saturated carbocycles. The van der Waals surface area contributed by atoms with Gasteiger partial charge >= 0.3 is 6.18 Å². The molecule has 0 N–H and O–H groups in total. The van der Waals surface area contributed by atoms with Gasteiger partial charge in [0.25, 0.3) is 0 Å². The standard InChI is InChI=1S/C14H16F3NO/c1-10(19)18-7-5-11(6-8-18)12-3-2-4-13(9-12)14(15,16)17/h2-4,9,11H,5-8H2,1H3. The van der Waals surface area contributed by atoms with Gasteiger partial charge in [0.1, 0.15) is 0 Å². The normalized spacial score (nSPS) is 17.6. The molecule has 2 nitrogen and oxygen atoms in total. The number of benzene rings is 1. The summed E-state index contributed by atoms with van der Waals surface area (Å²) in [5.74, 6) is 0.139. The van der Waals surface area contributed by atoms with Crippen LogP contribution in [0.5, 0.6) is 0 Å². The Kier molecular flexibility index (Phi) is 3.83. The Morgan fingerprint density at radius 1 is 1.26 bits per heavy atom. The molecule has 1 aromatic rings. The van der Waals surface area contributed by atoms with E-state index in [9.17, 15) is 18.0 Å². The summed E-state index contributed by atoms with van der Waals surface area (Å²) in [6, 6.07) is 5.52. The first kappa shape index (κ1) is 13.9. The number of nitrogens with zero attached hydrogens (tertiary/aromatic N) is 1. The number of amides is 1. The van der Waals surface area contributed by atoms with Gasteiger partial charge in [0, 0.05) is 20.0 Å². The van der Waals surface area contributed by atoms with Crippen LogP contribution in [-0.2, 0) is 11.0 Å². The fourth-order valence-corrected chi connectivity index (χ4v) is 2.50. The van der Waals surface area contributed by atoms with Gasteiger partial charge in [0.15, 0.2) is 0 Å². The number of piperidine rings is 1. The lowest BCUT2D eigenvalue weighted by Gasteiger charge is -2.31. The largest absolute Gasteiger partial charge is 0.416 e. The second kappa shape index (κ2) is 5.23. The van der Waals surface area contributed by atoms with E-state index in [1.54, 1.807) is 11.0 Å². The second-order valence-corrected chi connectivity index (χ2v) is 4.90. The van der Waals surface area contributed by atoms with E-state index in [0.717, 1.165) is 24.5 Å². The van der Waals surface area contributed by atoms with Gasteiger partial charge in [-0.3, -0.25) is 4.79 Å². The second-order valence-electron chi connectivity index (χ2n) is 4.90. The van der Waals surface area contributed by atoms with Crippen molar-refractivity contribution in [3.63, 3.8) is 0 Å². The van der Waals surface area contributed by atoms with E-state index < -0.39 is 11.7 Å². The fourth-order valence-electron chi connectivity index (χ4n) is 2.50. The maximum absolute atomic E-state index is 12.7. The highest BCUT2D eigenvalue weighted by Crippen LogP contribution is 2.34. The van der Waals surface area contributed by atoms with E-state index in [-0.39, 0.29) is 11.8 Å². The molecule has 0 unspecified atom stereocenters. The molecule has 0 radical (unpaired) electrons. The van der Waals surface area contributed by atoms with Crippen LogP contribution in [0.1, 0.15) is 36.8 Å². The lowest BCUT2D eigenvalue weighted by Crippen LogP contribution is -2.36. The number of hydrogen-bond donors (Lipinski definition) is 0. The third kappa shape index (κ3) is 3.28. The highest BCUT2D eigenvalue weighted by atomic mass is 19.4. The molecule has 0 atom stereocenters. The van der Waals surface area contributed by atoms with Crippen LogP contribution < -0.4 is 0 Å². The molecule has 0 aliphatic carbocycles. The molecular formula is C14H16F3NO. The number of alkyl halides is 3. The maximum atomic E-state index is 12.7. The van der Waals surface area contributed by atoms with Crippen molar-refractivity contribution in [2.24, 2.45) is 0 Å². The van der Waals surface area contributed by atoms with Gasteiger partial charge in [-0.15, -0.1) is 0 Å². The van der Waals surface area contributed by atoms with Crippen LogP contribution in [-0.4, -0.2) is 23.9 Å². The lowest BCUT2D eigenvalue weighted by atomic mass is 9.88. The minimum absolute atomic E-state index is 0.0301. The van der Waals surface area contributed by atoms with Crippen LogP contribution in [0.3, 0.4) is 0 Å². The zero-order valence-corrected chi connectivity index (χ0v) is 10.7. The van der Waals surface area contributed by atoms with E-state index >= 15 is 0 Å². The van der Waals surface area contributed by atoms with Crippen molar-refractivity contribution in [3.8, 4) is 0 Å². The third-order valence-corrected chi connectivity index (χ3v) is 3.63. The molecule has 5 heteroatoms. The molecule has 1 aliphatic heterocycles. The molecule has 1 aromatic carbocycles. The van der Waals surface area contributed by atoms with E-state index in [0.29, 0.717) is 13.1 Å². The summed E-state index contributed by atoms with van der Waals surface area (Å²) in [6.07, 6.45) is -2.85. The quantitative estimate of drug-likeness (QED) is 0.766. The summed E-state index contributed by atoms with van der Waals surface area (Å²) >= 11 is 0. The predicted octanol–water partition coefficient (Wildman–Crippen LogP) is 3.43. The Hall–Kier alpha value is -1.52. The Bertz CT molecular complexity index is 462. The molecule has 2 rings (SSSR count). The fraction of sp³-hybridized carbons (Fsp3) is 0.500. The van der Waals surface area contributed by atoms with E-state index in [2.05, 4.69) is 0 Å². The van der Waals surface area contributed by atoms with Gasteiger partial charge in [0.2, 0.25) is 5.91 Å². The first-order valence-corrected chi connectivity index (χ1v) is 6.30. The molecule has 0 bridgehead atoms. The highest BCUT2D eigenvalue weighted by molar-refractivity contribution is 5.73. The summed E-state index contributed by atoms with van der Waals surface area (Å²) in [7, 11) is 0. The van der Waals surface area contributed by atoms with Crippen LogP contribution >= 0.6 is 0 Å². The van der Waals surface area contributed by atoms with Crippen LogP contribution in [0.15, 0.2) is 24.3 Å². The van der Waals surface area contributed by atoms with E-state index in [4.69, 9.17) is 0 Å². The summed E-state index contributed by atoms with van der Waals surface area (Å²) in [5, 5.41) is 0. The van der Waals surface area contributed by atoms with Gasteiger partial charge in [0.05, 0.1) is 5.56 Å².